The zero-order valence-corrected chi connectivity index (χ0v) is 6.78. The van der Waals surface area contributed by atoms with Gasteiger partial charge >= 0.3 is 0 Å². The molecule has 0 aliphatic carbocycles. The first-order chi connectivity index (χ1) is 6.15. The van der Waals surface area contributed by atoms with Crippen LogP contribution in [0.5, 0.6) is 0 Å². The van der Waals surface area contributed by atoms with Crippen LogP contribution in [0.15, 0.2) is 12.1 Å². The highest BCUT2D eigenvalue weighted by molar-refractivity contribution is 5.20. The van der Waals surface area contributed by atoms with E-state index in [1.165, 1.54) is 0 Å². The molecule has 0 heterocycles. The van der Waals surface area contributed by atoms with Gasteiger partial charge in [-0.2, -0.15) is 0 Å². The fraction of sp³-hybridized carbons (Fsp3) is 0.200. The monoisotopic (exact) mass is 184 g/mol. The van der Waals surface area contributed by atoms with Crippen molar-refractivity contribution in [1.82, 2.24) is 0 Å². The summed E-state index contributed by atoms with van der Waals surface area (Å²) in [5, 5.41) is 0. The first-order valence-electron chi connectivity index (χ1n) is 3.72. The van der Waals surface area contributed by atoms with Gasteiger partial charge in [0.25, 0.3) is 0 Å². The zero-order chi connectivity index (χ0) is 9.84. The van der Waals surface area contributed by atoms with Crippen LogP contribution in [0.3, 0.4) is 0 Å². The summed E-state index contributed by atoms with van der Waals surface area (Å²) >= 11 is 0. The Morgan fingerprint density at radius 2 is 1.69 bits per heavy atom. The van der Waals surface area contributed by atoms with Gasteiger partial charge in [0.15, 0.2) is 17.5 Å². The fourth-order valence-electron chi connectivity index (χ4n) is 0.969. The van der Waals surface area contributed by atoms with Crippen LogP contribution in [0.2, 0.25) is 0 Å². The summed E-state index contributed by atoms with van der Waals surface area (Å²) in [7, 11) is 0. The Labute approximate surface area is 74.4 Å². The van der Waals surface area contributed by atoms with E-state index in [0.717, 1.165) is 12.1 Å². The summed E-state index contributed by atoms with van der Waals surface area (Å²) in [6.45, 7) is 0. The van der Waals surface area contributed by atoms with Crippen LogP contribution in [0, 0.1) is 29.8 Å². The summed E-state index contributed by atoms with van der Waals surface area (Å²) in [5.41, 5.74) is 0.370. The predicted octanol–water partition coefficient (Wildman–Crippen LogP) is 2.67. The third kappa shape index (κ3) is 2.25. The van der Waals surface area contributed by atoms with Crippen molar-refractivity contribution in [1.29, 1.82) is 0 Å². The predicted molar refractivity (Wildman–Crippen MR) is 43.5 cm³/mol. The Morgan fingerprint density at radius 3 is 2.15 bits per heavy atom. The second-order valence-corrected chi connectivity index (χ2v) is 2.58. The molecular formula is C10H7F3. The van der Waals surface area contributed by atoms with Gasteiger partial charge in [-0.25, -0.2) is 13.2 Å². The summed E-state index contributed by atoms with van der Waals surface area (Å²) in [6.07, 6.45) is 5.70. The quantitative estimate of drug-likeness (QED) is 0.489. The van der Waals surface area contributed by atoms with E-state index < -0.39 is 17.5 Å². The Morgan fingerprint density at radius 1 is 1.15 bits per heavy atom. The summed E-state index contributed by atoms with van der Waals surface area (Å²) in [6, 6.07) is 1.91. The summed E-state index contributed by atoms with van der Waals surface area (Å²) < 4.78 is 37.6. The molecule has 0 atom stereocenters. The number of aryl methyl sites for hydroxylation is 1. The highest BCUT2D eigenvalue weighted by atomic mass is 19.2. The molecule has 0 unspecified atom stereocenters. The largest absolute Gasteiger partial charge is 0.204 e. The molecule has 0 nitrogen and oxygen atoms in total. The summed E-state index contributed by atoms with van der Waals surface area (Å²) in [5.74, 6) is -1.46. The smallest absolute Gasteiger partial charge is 0.194 e. The van der Waals surface area contributed by atoms with E-state index in [0.29, 0.717) is 18.4 Å². The lowest BCUT2D eigenvalue weighted by molar-refractivity contribution is 0.445. The van der Waals surface area contributed by atoms with E-state index in [4.69, 9.17) is 6.42 Å². The van der Waals surface area contributed by atoms with Crippen LogP contribution in [-0.4, -0.2) is 0 Å². The van der Waals surface area contributed by atoms with E-state index >= 15 is 0 Å². The van der Waals surface area contributed by atoms with Gasteiger partial charge in [0.1, 0.15) is 0 Å². The van der Waals surface area contributed by atoms with E-state index in [-0.39, 0.29) is 0 Å². The van der Waals surface area contributed by atoms with Gasteiger partial charge in [0, 0.05) is 6.42 Å². The third-order valence-electron chi connectivity index (χ3n) is 1.60. The lowest BCUT2D eigenvalue weighted by Crippen LogP contribution is -1.94. The van der Waals surface area contributed by atoms with Crippen molar-refractivity contribution < 1.29 is 13.2 Å². The molecule has 1 rings (SSSR count). The minimum Gasteiger partial charge on any atom is -0.204 e. The highest BCUT2D eigenvalue weighted by Gasteiger charge is 2.09. The SMILES string of the molecule is C#CCCc1cc(F)c(F)c(F)c1. The van der Waals surface area contributed by atoms with Gasteiger partial charge in [-0.15, -0.1) is 12.3 Å². The maximum atomic E-state index is 12.6. The standard InChI is InChI=1S/C10H7F3/c1-2-3-4-7-5-8(11)10(13)9(12)6-7/h1,5-6H,3-4H2. The molecule has 68 valence electrons. The molecule has 0 saturated carbocycles. The van der Waals surface area contributed by atoms with Gasteiger partial charge in [0.05, 0.1) is 0 Å². The molecule has 0 bridgehead atoms. The van der Waals surface area contributed by atoms with Crippen molar-refractivity contribution in [3.63, 3.8) is 0 Å². The molecule has 0 aromatic heterocycles. The van der Waals surface area contributed by atoms with E-state index in [2.05, 4.69) is 5.92 Å². The van der Waals surface area contributed by atoms with E-state index in [1.807, 2.05) is 0 Å². The van der Waals surface area contributed by atoms with E-state index in [1.54, 1.807) is 0 Å². The third-order valence-corrected chi connectivity index (χ3v) is 1.60. The molecule has 0 aliphatic heterocycles. The van der Waals surface area contributed by atoms with Gasteiger partial charge in [-0.05, 0) is 24.1 Å². The van der Waals surface area contributed by atoms with Crippen molar-refractivity contribution in [2.45, 2.75) is 12.8 Å². The number of halogens is 3. The molecular weight excluding hydrogens is 177 g/mol. The van der Waals surface area contributed by atoms with Crippen molar-refractivity contribution in [3.05, 3.63) is 35.1 Å². The van der Waals surface area contributed by atoms with Crippen LogP contribution < -0.4 is 0 Å². The summed E-state index contributed by atoms with van der Waals surface area (Å²) in [4.78, 5) is 0. The minimum absolute atomic E-state index is 0.352. The van der Waals surface area contributed by atoms with Crippen LogP contribution in [0.25, 0.3) is 0 Å². The number of benzene rings is 1. The maximum Gasteiger partial charge on any atom is 0.194 e. The normalized spacial score (nSPS) is 9.69. The number of hydrogen-bond acceptors (Lipinski definition) is 0. The van der Waals surface area contributed by atoms with Gasteiger partial charge < -0.3 is 0 Å². The average Bonchev–Trinajstić information content (AvgIpc) is 2.10. The molecule has 0 amide bonds. The molecule has 0 N–H and O–H groups in total. The number of rotatable bonds is 2. The fourth-order valence-corrected chi connectivity index (χ4v) is 0.969. The molecule has 0 saturated heterocycles. The highest BCUT2D eigenvalue weighted by Crippen LogP contribution is 2.14. The van der Waals surface area contributed by atoms with Gasteiger partial charge in [0.2, 0.25) is 0 Å². The van der Waals surface area contributed by atoms with E-state index in [9.17, 15) is 13.2 Å². The van der Waals surface area contributed by atoms with Crippen LogP contribution in [0.1, 0.15) is 12.0 Å². The van der Waals surface area contributed by atoms with Crippen molar-refractivity contribution in [2.24, 2.45) is 0 Å². The topological polar surface area (TPSA) is 0 Å². The minimum atomic E-state index is -1.44. The van der Waals surface area contributed by atoms with Gasteiger partial charge in [-0.1, -0.05) is 0 Å². The molecule has 0 aliphatic rings. The first kappa shape index (κ1) is 9.66. The molecule has 0 fully saturated rings. The van der Waals surface area contributed by atoms with Gasteiger partial charge in [-0.3, -0.25) is 0 Å². The Bertz CT molecular complexity index is 327. The van der Waals surface area contributed by atoms with Crippen LogP contribution >= 0.6 is 0 Å². The number of terminal acetylenes is 1. The molecule has 3 heteroatoms. The van der Waals surface area contributed by atoms with Crippen molar-refractivity contribution >= 4 is 0 Å². The first-order valence-corrected chi connectivity index (χ1v) is 3.72. The second-order valence-electron chi connectivity index (χ2n) is 2.58. The average molecular weight is 184 g/mol. The Hall–Kier alpha value is -1.43. The Kier molecular flexibility index (Phi) is 2.97. The Balaban J connectivity index is 2.94. The molecule has 1 aromatic carbocycles. The lowest BCUT2D eigenvalue weighted by atomic mass is 10.1. The van der Waals surface area contributed by atoms with Crippen molar-refractivity contribution in [3.8, 4) is 12.3 Å². The van der Waals surface area contributed by atoms with Crippen LogP contribution in [0.4, 0.5) is 13.2 Å². The lowest BCUT2D eigenvalue weighted by Gasteiger charge is -2.00. The molecule has 0 spiro atoms. The van der Waals surface area contributed by atoms with Crippen molar-refractivity contribution in [2.75, 3.05) is 0 Å². The molecule has 0 radical (unpaired) electrons. The number of hydrogen-bond donors (Lipinski definition) is 0. The molecule has 13 heavy (non-hydrogen) atoms. The second kappa shape index (κ2) is 3.99. The maximum absolute atomic E-state index is 12.6. The molecule has 1 aromatic rings. The van der Waals surface area contributed by atoms with Crippen LogP contribution in [-0.2, 0) is 6.42 Å². The zero-order valence-electron chi connectivity index (χ0n) is 6.78.